The van der Waals surface area contributed by atoms with Crippen LogP contribution in [0, 0.1) is 5.92 Å². The van der Waals surface area contributed by atoms with Gasteiger partial charge in [0.15, 0.2) is 0 Å². The summed E-state index contributed by atoms with van der Waals surface area (Å²) in [6.45, 7) is 0.310. The molecule has 1 saturated carbocycles. The van der Waals surface area contributed by atoms with Crippen molar-refractivity contribution in [1.82, 2.24) is 20.0 Å². The van der Waals surface area contributed by atoms with Crippen molar-refractivity contribution in [3.8, 4) is 11.4 Å². The lowest BCUT2D eigenvalue weighted by atomic mass is 10.1. The molecule has 0 radical (unpaired) electrons. The zero-order valence-corrected chi connectivity index (χ0v) is 13.9. The SMILES string of the molecule is CN(Cc1nc(-c2cccnc2)no1)C(=O)[C@@H]1C[C@H]1c1ccccc1. The van der Waals surface area contributed by atoms with Gasteiger partial charge in [-0.05, 0) is 30.0 Å². The molecule has 1 aliphatic carbocycles. The summed E-state index contributed by atoms with van der Waals surface area (Å²) in [5, 5.41) is 3.96. The summed E-state index contributed by atoms with van der Waals surface area (Å²) in [5.74, 6) is 1.40. The molecule has 126 valence electrons. The van der Waals surface area contributed by atoms with E-state index < -0.39 is 0 Å². The van der Waals surface area contributed by atoms with E-state index in [9.17, 15) is 4.79 Å². The van der Waals surface area contributed by atoms with Gasteiger partial charge in [-0.15, -0.1) is 0 Å². The van der Waals surface area contributed by atoms with Crippen LogP contribution in [-0.2, 0) is 11.3 Å². The molecule has 1 fully saturated rings. The Morgan fingerprint density at radius 2 is 2.08 bits per heavy atom. The second kappa shape index (κ2) is 6.47. The molecule has 2 atom stereocenters. The monoisotopic (exact) mass is 334 g/mol. The third-order valence-electron chi connectivity index (χ3n) is 4.47. The zero-order chi connectivity index (χ0) is 17.2. The molecule has 0 N–H and O–H groups in total. The van der Waals surface area contributed by atoms with Gasteiger partial charge in [-0.2, -0.15) is 4.98 Å². The first kappa shape index (κ1) is 15.5. The van der Waals surface area contributed by atoms with Crippen LogP contribution in [0.15, 0.2) is 59.4 Å². The number of benzene rings is 1. The maximum atomic E-state index is 12.6. The van der Waals surface area contributed by atoms with Gasteiger partial charge < -0.3 is 9.42 Å². The van der Waals surface area contributed by atoms with Crippen LogP contribution in [0.3, 0.4) is 0 Å². The van der Waals surface area contributed by atoms with Crippen LogP contribution < -0.4 is 0 Å². The third-order valence-corrected chi connectivity index (χ3v) is 4.47. The number of pyridine rings is 1. The second-order valence-electron chi connectivity index (χ2n) is 6.31. The lowest BCUT2D eigenvalue weighted by Gasteiger charge is -2.14. The van der Waals surface area contributed by atoms with Crippen molar-refractivity contribution in [2.24, 2.45) is 5.92 Å². The molecule has 1 amide bonds. The maximum Gasteiger partial charge on any atom is 0.246 e. The van der Waals surface area contributed by atoms with Crippen LogP contribution in [0.5, 0.6) is 0 Å². The van der Waals surface area contributed by atoms with E-state index in [0.29, 0.717) is 24.2 Å². The lowest BCUT2D eigenvalue weighted by molar-refractivity contribution is -0.132. The topological polar surface area (TPSA) is 72.1 Å². The van der Waals surface area contributed by atoms with Gasteiger partial charge in [-0.1, -0.05) is 35.5 Å². The van der Waals surface area contributed by atoms with Crippen molar-refractivity contribution >= 4 is 5.91 Å². The summed E-state index contributed by atoms with van der Waals surface area (Å²) in [4.78, 5) is 22.6. The molecule has 3 aromatic rings. The minimum Gasteiger partial charge on any atom is -0.337 e. The van der Waals surface area contributed by atoms with E-state index in [2.05, 4.69) is 27.3 Å². The molecule has 1 aromatic carbocycles. The Morgan fingerprint density at radius 1 is 1.24 bits per heavy atom. The van der Waals surface area contributed by atoms with Crippen molar-refractivity contribution in [1.29, 1.82) is 0 Å². The highest BCUT2D eigenvalue weighted by Gasteiger charge is 2.45. The standard InChI is InChI=1S/C19H18N4O2/c1-23(19(24)16-10-15(16)13-6-3-2-4-7-13)12-17-21-18(22-25-17)14-8-5-9-20-11-14/h2-9,11,15-16H,10,12H2,1H3/t15-,16+/m0/s1. The van der Waals surface area contributed by atoms with Gasteiger partial charge in [-0.3, -0.25) is 9.78 Å². The van der Waals surface area contributed by atoms with Gasteiger partial charge in [0.2, 0.25) is 17.6 Å². The van der Waals surface area contributed by atoms with E-state index in [0.717, 1.165) is 12.0 Å². The summed E-state index contributed by atoms with van der Waals surface area (Å²) >= 11 is 0. The van der Waals surface area contributed by atoms with Crippen LogP contribution in [0.25, 0.3) is 11.4 Å². The first-order valence-electron chi connectivity index (χ1n) is 8.25. The summed E-state index contributed by atoms with van der Waals surface area (Å²) in [6.07, 6.45) is 4.27. The Hall–Kier alpha value is -3.02. The Bertz CT molecular complexity index is 863. The van der Waals surface area contributed by atoms with E-state index >= 15 is 0 Å². The number of nitrogens with zero attached hydrogens (tertiary/aromatic N) is 4. The fraction of sp³-hybridized carbons (Fsp3) is 0.263. The fourth-order valence-corrected chi connectivity index (χ4v) is 3.03. The number of carbonyl (C=O) groups excluding carboxylic acids is 1. The van der Waals surface area contributed by atoms with Crippen molar-refractivity contribution in [3.05, 3.63) is 66.3 Å². The molecule has 0 saturated heterocycles. The Balaban J connectivity index is 1.39. The number of amides is 1. The second-order valence-corrected chi connectivity index (χ2v) is 6.31. The van der Waals surface area contributed by atoms with Crippen LogP contribution in [-0.4, -0.2) is 33.0 Å². The highest BCUT2D eigenvalue weighted by Crippen LogP contribution is 2.48. The van der Waals surface area contributed by atoms with Gasteiger partial charge in [0, 0.05) is 30.9 Å². The van der Waals surface area contributed by atoms with E-state index in [1.807, 2.05) is 30.3 Å². The minimum absolute atomic E-state index is 0.0492. The van der Waals surface area contributed by atoms with Gasteiger partial charge in [0.1, 0.15) is 0 Å². The van der Waals surface area contributed by atoms with Crippen molar-refractivity contribution in [3.63, 3.8) is 0 Å². The van der Waals surface area contributed by atoms with E-state index in [1.165, 1.54) is 5.56 Å². The molecule has 1 aliphatic rings. The lowest BCUT2D eigenvalue weighted by Crippen LogP contribution is -2.28. The average Bonchev–Trinajstić information content (AvgIpc) is 3.33. The molecule has 0 bridgehead atoms. The number of rotatable bonds is 5. The molecule has 4 rings (SSSR count). The van der Waals surface area contributed by atoms with E-state index in [-0.39, 0.29) is 11.8 Å². The quantitative estimate of drug-likeness (QED) is 0.717. The molecule has 6 heteroatoms. The Labute approximate surface area is 145 Å². The van der Waals surface area contributed by atoms with E-state index in [1.54, 1.807) is 24.3 Å². The molecular formula is C19H18N4O2. The van der Waals surface area contributed by atoms with Gasteiger partial charge in [0.25, 0.3) is 0 Å². The first-order valence-corrected chi connectivity index (χ1v) is 8.25. The molecule has 2 aromatic heterocycles. The molecule has 25 heavy (non-hydrogen) atoms. The Morgan fingerprint density at radius 3 is 2.84 bits per heavy atom. The zero-order valence-electron chi connectivity index (χ0n) is 13.9. The number of carbonyl (C=O) groups is 1. The van der Waals surface area contributed by atoms with Crippen molar-refractivity contribution in [2.45, 2.75) is 18.9 Å². The number of hydrogen-bond acceptors (Lipinski definition) is 5. The normalized spacial score (nSPS) is 18.8. The molecule has 6 nitrogen and oxygen atoms in total. The summed E-state index contributed by atoms with van der Waals surface area (Å²) in [5.41, 5.74) is 2.02. The average molecular weight is 334 g/mol. The summed E-state index contributed by atoms with van der Waals surface area (Å²) < 4.78 is 5.27. The molecular weight excluding hydrogens is 316 g/mol. The van der Waals surface area contributed by atoms with Crippen LogP contribution in [0.4, 0.5) is 0 Å². The molecule has 0 aliphatic heterocycles. The van der Waals surface area contributed by atoms with Crippen molar-refractivity contribution in [2.75, 3.05) is 7.05 Å². The van der Waals surface area contributed by atoms with Crippen LogP contribution >= 0.6 is 0 Å². The largest absolute Gasteiger partial charge is 0.337 e. The predicted octanol–water partition coefficient (Wildman–Crippen LogP) is 2.89. The highest BCUT2D eigenvalue weighted by atomic mass is 16.5. The predicted molar refractivity (Wildman–Crippen MR) is 91.3 cm³/mol. The summed E-state index contributed by atoms with van der Waals surface area (Å²) in [7, 11) is 1.77. The maximum absolute atomic E-state index is 12.6. The summed E-state index contributed by atoms with van der Waals surface area (Å²) in [6, 6.07) is 13.9. The first-order chi connectivity index (χ1) is 12.2. The van der Waals surface area contributed by atoms with Crippen molar-refractivity contribution < 1.29 is 9.32 Å². The molecule has 2 heterocycles. The minimum atomic E-state index is 0.0492. The van der Waals surface area contributed by atoms with Gasteiger partial charge in [-0.25, -0.2) is 0 Å². The smallest absolute Gasteiger partial charge is 0.246 e. The van der Waals surface area contributed by atoms with E-state index in [4.69, 9.17) is 4.52 Å². The molecule has 0 spiro atoms. The van der Waals surface area contributed by atoms with Gasteiger partial charge in [0.05, 0.1) is 6.54 Å². The number of hydrogen-bond donors (Lipinski definition) is 0. The van der Waals surface area contributed by atoms with Crippen LogP contribution in [0.1, 0.15) is 23.8 Å². The fourth-order valence-electron chi connectivity index (χ4n) is 3.03. The molecule has 0 unspecified atom stereocenters. The number of aromatic nitrogens is 3. The highest BCUT2D eigenvalue weighted by molar-refractivity contribution is 5.82. The Kier molecular flexibility index (Phi) is 4.01. The third kappa shape index (κ3) is 3.28. The van der Waals surface area contributed by atoms with Gasteiger partial charge >= 0.3 is 0 Å². The van der Waals surface area contributed by atoms with Crippen LogP contribution in [0.2, 0.25) is 0 Å².